The molecule has 1 aliphatic carbocycles. The first kappa shape index (κ1) is 9.08. The van der Waals surface area contributed by atoms with E-state index in [0.717, 1.165) is 23.9 Å². The minimum atomic E-state index is -0.0881. The highest BCUT2D eigenvalue weighted by atomic mass is 16.5. The third kappa shape index (κ3) is 1.69. The molecule has 15 heavy (non-hydrogen) atoms. The molecule has 0 bridgehead atoms. The van der Waals surface area contributed by atoms with Crippen molar-refractivity contribution in [3.8, 4) is 5.75 Å². The van der Waals surface area contributed by atoms with Gasteiger partial charge in [0.2, 0.25) is 0 Å². The van der Waals surface area contributed by atoms with Crippen LogP contribution in [0.25, 0.3) is 0 Å². The highest BCUT2D eigenvalue weighted by Crippen LogP contribution is 2.43. The number of ether oxygens (including phenoxy) is 1. The summed E-state index contributed by atoms with van der Waals surface area (Å²) in [6.45, 7) is 5.11. The molecule has 0 aromatic heterocycles. The third-order valence-corrected chi connectivity index (χ3v) is 3.15. The van der Waals surface area contributed by atoms with Crippen LogP contribution in [0, 0.1) is 0 Å². The number of anilines is 1. The molecule has 0 amide bonds. The molecule has 0 spiro atoms. The van der Waals surface area contributed by atoms with Crippen molar-refractivity contribution in [2.45, 2.75) is 38.2 Å². The van der Waals surface area contributed by atoms with E-state index >= 15 is 0 Å². The monoisotopic (exact) mass is 203 g/mol. The Kier molecular flexibility index (Phi) is 1.76. The summed E-state index contributed by atoms with van der Waals surface area (Å²) in [4.78, 5) is 0. The van der Waals surface area contributed by atoms with Crippen LogP contribution in [0.1, 0.15) is 38.2 Å². The van der Waals surface area contributed by atoms with Crippen molar-refractivity contribution in [1.29, 1.82) is 0 Å². The number of benzene rings is 1. The van der Waals surface area contributed by atoms with E-state index in [4.69, 9.17) is 4.74 Å². The fourth-order valence-electron chi connectivity index (χ4n) is 2.08. The van der Waals surface area contributed by atoms with Crippen molar-refractivity contribution in [1.82, 2.24) is 0 Å². The molecule has 0 unspecified atom stereocenters. The molecule has 2 heteroatoms. The molecule has 1 heterocycles. The summed E-state index contributed by atoms with van der Waals surface area (Å²) >= 11 is 0. The van der Waals surface area contributed by atoms with Crippen LogP contribution in [0.5, 0.6) is 5.75 Å². The molecule has 0 saturated heterocycles. The number of hydrogen-bond donors (Lipinski definition) is 1. The Bertz CT molecular complexity index is 394. The Morgan fingerprint density at radius 3 is 2.87 bits per heavy atom. The maximum Gasteiger partial charge on any atom is 0.143 e. The lowest BCUT2D eigenvalue weighted by Gasteiger charge is -2.33. The fraction of sp³-hybridized carbons (Fsp3) is 0.538. The van der Waals surface area contributed by atoms with E-state index in [1.165, 1.54) is 18.4 Å². The zero-order valence-electron chi connectivity index (χ0n) is 9.34. The van der Waals surface area contributed by atoms with Gasteiger partial charge >= 0.3 is 0 Å². The quantitative estimate of drug-likeness (QED) is 0.757. The Hall–Kier alpha value is -1.18. The van der Waals surface area contributed by atoms with Crippen LogP contribution in [0.3, 0.4) is 0 Å². The summed E-state index contributed by atoms with van der Waals surface area (Å²) in [5.74, 6) is 1.82. The van der Waals surface area contributed by atoms with Gasteiger partial charge in [0.1, 0.15) is 11.4 Å². The number of nitrogens with one attached hydrogen (secondary N) is 1. The van der Waals surface area contributed by atoms with Crippen LogP contribution in [0.2, 0.25) is 0 Å². The molecular formula is C13H17NO. The maximum atomic E-state index is 5.98. The van der Waals surface area contributed by atoms with Crippen molar-refractivity contribution in [3.63, 3.8) is 0 Å². The van der Waals surface area contributed by atoms with Gasteiger partial charge in [-0.1, -0.05) is 6.07 Å². The van der Waals surface area contributed by atoms with Gasteiger partial charge in [0.25, 0.3) is 0 Å². The average Bonchev–Trinajstić information content (AvgIpc) is 2.98. The van der Waals surface area contributed by atoms with Crippen LogP contribution < -0.4 is 10.1 Å². The smallest absolute Gasteiger partial charge is 0.143 e. The molecule has 2 aliphatic rings. The molecule has 0 atom stereocenters. The molecule has 3 rings (SSSR count). The highest BCUT2D eigenvalue weighted by molar-refractivity contribution is 5.60. The van der Waals surface area contributed by atoms with Crippen molar-refractivity contribution in [3.05, 3.63) is 23.8 Å². The summed E-state index contributed by atoms with van der Waals surface area (Å²) in [6.07, 6.45) is 2.69. The SMILES string of the molecule is CC1(C)CNc2ccc(C3CC3)cc2O1. The van der Waals surface area contributed by atoms with Gasteiger partial charge in [-0.05, 0) is 50.3 Å². The Morgan fingerprint density at radius 2 is 2.13 bits per heavy atom. The Labute approximate surface area is 90.6 Å². The fourth-order valence-corrected chi connectivity index (χ4v) is 2.08. The van der Waals surface area contributed by atoms with E-state index in [1.54, 1.807) is 0 Å². The zero-order valence-corrected chi connectivity index (χ0v) is 9.34. The predicted octanol–water partition coefficient (Wildman–Crippen LogP) is 3.15. The van der Waals surface area contributed by atoms with Crippen LogP contribution in [-0.2, 0) is 0 Å². The number of rotatable bonds is 1. The van der Waals surface area contributed by atoms with E-state index in [0.29, 0.717) is 0 Å². The highest BCUT2D eigenvalue weighted by Gasteiger charge is 2.29. The first-order valence-electron chi connectivity index (χ1n) is 5.71. The minimum Gasteiger partial charge on any atom is -0.484 e. The maximum absolute atomic E-state index is 5.98. The number of fused-ring (bicyclic) bond motifs is 1. The van der Waals surface area contributed by atoms with E-state index in [2.05, 4.69) is 37.4 Å². The second kappa shape index (κ2) is 2.91. The summed E-state index contributed by atoms with van der Waals surface area (Å²) < 4.78 is 5.98. The van der Waals surface area contributed by atoms with Crippen molar-refractivity contribution in [2.24, 2.45) is 0 Å². The largest absolute Gasteiger partial charge is 0.484 e. The average molecular weight is 203 g/mol. The molecule has 1 N–H and O–H groups in total. The topological polar surface area (TPSA) is 21.3 Å². The van der Waals surface area contributed by atoms with Gasteiger partial charge in [-0.2, -0.15) is 0 Å². The lowest BCUT2D eigenvalue weighted by atomic mass is 10.0. The summed E-state index contributed by atoms with van der Waals surface area (Å²) in [5.41, 5.74) is 2.49. The van der Waals surface area contributed by atoms with Crippen molar-refractivity contribution in [2.75, 3.05) is 11.9 Å². The van der Waals surface area contributed by atoms with Gasteiger partial charge < -0.3 is 10.1 Å². The van der Waals surface area contributed by atoms with Crippen LogP contribution in [0.4, 0.5) is 5.69 Å². The molecule has 0 radical (unpaired) electrons. The van der Waals surface area contributed by atoms with Crippen LogP contribution in [0.15, 0.2) is 18.2 Å². The lowest BCUT2D eigenvalue weighted by Crippen LogP contribution is -2.40. The van der Waals surface area contributed by atoms with E-state index in [-0.39, 0.29) is 5.60 Å². The molecule has 1 saturated carbocycles. The van der Waals surface area contributed by atoms with E-state index in [9.17, 15) is 0 Å². The van der Waals surface area contributed by atoms with Crippen LogP contribution in [-0.4, -0.2) is 12.1 Å². The Balaban J connectivity index is 1.95. The van der Waals surface area contributed by atoms with Gasteiger partial charge in [-0.25, -0.2) is 0 Å². The molecule has 1 aromatic carbocycles. The van der Waals surface area contributed by atoms with E-state index < -0.39 is 0 Å². The van der Waals surface area contributed by atoms with Crippen molar-refractivity contribution < 1.29 is 4.74 Å². The lowest BCUT2D eigenvalue weighted by molar-refractivity contribution is 0.116. The second-order valence-electron chi connectivity index (χ2n) is 5.25. The molecule has 1 aliphatic heterocycles. The van der Waals surface area contributed by atoms with Gasteiger partial charge in [-0.3, -0.25) is 0 Å². The normalized spacial score (nSPS) is 22.5. The van der Waals surface area contributed by atoms with Gasteiger partial charge in [0.05, 0.1) is 12.2 Å². The third-order valence-electron chi connectivity index (χ3n) is 3.15. The standard InChI is InChI=1S/C13H17NO/c1-13(2)8-14-11-6-5-10(9-3-4-9)7-12(11)15-13/h5-7,9,14H,3-4,8H2,1-2H3. The molecule has 80 valence electrons. The Morgan fingerprint density at radius 1 is 1.33 bits per heavy atom. The molecular weight excluding hydrogens is 186 g/mol. The number of hydrogen-bond acceptors (Lipinski definition) is 2. The predicted molar refractivity (Wildman–Crippen MR) is 61.6 cm³/mol. The summed E-state index contributed by atoms with van der Waals surface area (Å²) in [5, 5.41) is 3.41. The first-order valence-corrected chi connectivity index (χ1v) is 5.71. The summed E-state index contributed by atoms with van der Waals surface area (Å²) in [6, 6.07) is 6.59. The first-order chi connectivity index (χ1) is 7.14. The molecule has 1 fully saturated rings. The minimum absolute atomic E-state index is 0.0881. The van der Waals surface area contributed by atoms with E-state index in [1.807, 2.05) is 0 Å². The van der Waals surface area contributed by atoms with Gasteiger partial charge in [0.15, 0.2) is 0 Å². The van der Waals surface area contributed by atoms with Gasteiger partial charge in [-0.15, -0.1) is 0 Å². The van der Waals surface area contributed by atoms with Gasteiger partial charge in [0, 0.05) is 0 Å². The second-order valence-corrected chi connectivity index (χ2v) is 5.25. The zero-order chi connectivity index (χ0) is 10.5. The van der Waals surface area contributed by atoms with Crippen LogP contribution >= 0.6 is 0 Å². The molecule has 2 nitrogen and oxygen atoms in total. The summed E-state index contributed by atoms with van der Waals surface area (Å²) in [7, 11) is 0. The molecule has 1 aromatic rings. The van der Waals surface area contributed by atoms with Crippen molar-refractivity contribution >= 4 is 5.69 Å².